The van der Waals surface area contributed by atoms with Crippen LogP contribution in [0.4, 0.5) is 31.1 Å². The predicted octanol–water partition coefficient (Wildman–Crippen LogP) is 4.11. The van der Waals surface area contributed by atoms with Gasteiger partial charge in [0, 0.05) is 5.56 Å². The van der Waals surface area contributed by atoms with Crippen LogP contribution in [0.5, 0.6) is 11.5 Å². The van der Waals surface area contributed by atoms with Gasteiger partial charge in [-0.1, -0.05) is 6.92 Å². The highest BCUT2D eigenvalue weighted by Gasteiger charge is 2.49. The quantitative estimate of drug-likeness (QED) is 0.150. The molecule has 1 heterocycles. The van der Waals surface area contributed by atoms with Crippen molar-refractivity contribution in [3.63, 3.8) is 0 Å². The Morgan fingerprint density at radius 1 is 1.14 bits per heavy atom. The molecule has 200 valence electrons. The lowest BCUT2D eigenvalue weighted by atomic mass is 9.97. The van der Waals surface area contributed by atoms with Gasteiger partial charge >= 0.3 is 24.7 Å². The number of benzene rings is 1. The third kappa shape index (κ3) is 8.09. The number of alkyl halides is 6. The van der Waals surface area contributed by atoms with Gasteiger partial charge in [-0.15, -0.1) is 23.3 Å². The highest BCUT2D eigenvalue weighted by molar-refractivity contribution is 5.96. The number of fused-ring (bicyclic) bond motifs is 1. The van der Waals surface area contributed by atoms with Crippen molar-refractivity contribution < 1.29 is 69.5 Å². The van der Waals surface area contributed by atoms with Crippen LogP contribution in [0.3, 0.4) is 0 Å². The van der Waals surface area contributed by atoms with E-state index in [-0.39, 0.29) is 17.5 Å². The number of esters is 1. The molecule has 1 aliphatic heterocycles. The zero-order valence-corrected chi connectivity index (χ0v) is 18.3. The Labute approximate surface area is 197 Å². The molecule has 2 rings (SSSR count). The summed E-state index contributed by atoms with van der Waals surface area (Å²) in [6.45, 7) is 0.763. The fourth-order valence-corrected chi connectivity index (χ4v) is 2.84. The summed E-state index contributed by atoms with van der Waals surface area (Å²) in [6, 6.07) is 1.58. The first kappa shape index (κ1) is 28.3. The first-order valence-electron chi connectivity index (χ1n) is 9.76. The van der Waals surface area contributed by atoms with Gasteiger partial charge in [0.2, 0.25) is 12.9 Å². The Bertz CT molecular complexity index is 1020. The maximum atomic E-state index is 13.6. The summed E-state index contributed by atoms with van der Waals surface area (Å²) >= 11 is 0. The van der Waals surface area contributed by atoms with Gasteiger partial charge in [-0.3, -0.25) is 0 Å². The highest BCUT2D eigenvalue weighted by Crippen LogP contribution is 2.42. The van der Waals surface area contributed by atoms with Crippen LogP contribution in [-0.4, -0.2) is 55.4 Å². The maximum absolute atomic E-state index is 13.6. The summed E-state index contributed by atoms with van der Waals surface area (Å²) in [7, 11) is 0. The summed E-state index contributed by atoms with van der Waals surface area (Å²) in [4.78, 5) is 37.9. The lowest BCUT2D eigenvalue weighted by Crippen LogP contribution is -2.41. The maximum Gasteiger partial charge on any atom is 0.573 e. The summed E-state index contributed by atoms with van der Waals surface area (Å²) < 4.78 is 101. The first-order valence-corrected chi connectivity index (χ1v) is 9.76. The second-order valence-electron chi connectivity index (χ2n) is 6.94. The van der Waals surface area contributed by atoms with Crippen LogP contribution in [0.25, 0.3) is 6.08 Å². The molecule has 1 aromatic rings. The Morgan fingerprint density at radius 3 is 2.36 bits per heavy atom. The first-order chi connectivity index (χ1) is 16.6. The van der Waals surface area contributed by atoms with Crippen molar-refractivity contribution in [3.05, 3.63) is 38.9 Å². The van der Waals surface area contributed by atoms with E-state index >= 15 is 0 Å². The van der Waals surface area contributed by atoms with Crippen molar-refractivity contribution in [2.75, 3.05) is 13.4 Å². The van der Waals surface area contributed by atoms with Crippen molar-refractivity contribution >= 4 is 18.2 Å². The monoisotopic (exact) mass is 533 g/mol. The number of aryl methyl sites for hydroxylation is 1. The van der Waals surface area contributed by atoms with E-state index in [1.165, 1.54) is 13.8 Å². The lowest BCUT2D eigenvalue weighted by Gasteiger charge is -2.29. The van der Waals surface area contributed by atoms with E-state index in [0.717, 1.165) is 12.1 Å². The number of rotatable bonds is 9. The number of ether oxygens (including phenoxy) is 5. The van der Waals surface area contributed by atoms with Gasteiger partial charge in [-0.05, 0) is 37.1 Å². The van der Waals surface area contributed by atoms with Crippen molar-refractivity contribution in [3.8, 4) is 11.5 Å². The van der Waals surface area contributed by atoms with Crippen LogP contribution in [0.15, 0.2) is 17.7 Å². The molecule has 0 saturated carbocycles. The van der Waals surface area contributed by atoms with E-state index in [0.29, 0.717) is 6.08 Å². The average molecular weight is 533 g/mol. The zero-order chi connectivity index (χ0) is 27.3. The molecule has 0 N–H and O–H groups in total. The van der Waals surface area contributed by atoms with Crippen LogP contribution in [0, 0.1) is 10.1 Å². The van der Waals surface area contributed by atoms with Gasteiger partial charge in [0.25, 0.3) is 5.09 Å². The van der Waals surface area contributed by atoms with Crippen LogP contribution in [0.1, 0.15) is 25.0 Å². The number of carbonyl (C=O) groups excluding carboxylic acids is 2. The minimum Gasteiger partial charge on any atom is -0.475 e. The summed E-state index contributed by atoms with van der Waals surface area (Å²) in [5, 5.41) is 9.00. The van der Waals surface area contributed by atoms with E-state index < -0.39 is 72.4 Å². The molecule has 2 atom stereocenters. The normalized spacial score (nSPS) is 16.0. The van der Waals surface area contributed by atoms with E-state index in [1.807, 2.05) is 0 Å². The van der Waals surface area contributed by atoms with Crippen LogP contribution in [0.2, 0.25) is 0 Å². The molecule has 0 radical (unpaired) electrons. The van der Waals surface area contributed by atoms with Crippen LogP contribution >= 0.6 is 0 Å². The van der Waals surface area contributed by atoms with Gasteiger partial charge < -0.3 is 28.5 Å². The molecule has 0 bridgehead atoms. The van der Waals surface area contributed by atoms with Gasteiger partial charge in [0.05, 0.1) is 5.57 Å². The van der Waals surface area contributed by atoms with E-state index in [1.54, 1.807) is 0 Å². The van der Waals surface area contributed by atoms with Crippen molar-refractivity contribution in [1.29, 1.82) is 0 Å². The molecule has 36 heavy (non-hydrogen) atoms. The molecule has 11 nitrogen and oxygen atoms in total. The third-order valence-corrected chi connectivity index (χ3v) is 4.21. The minimum absolute atomic E-state index is 0.0309. The molecule has 0 aliphatic carbocycles. The Morgan fingerprint density at radius 2 is 1.81 bits per heavy atom. The Hall–Kier alpha value is -3.92. The molecular weight excluding hydrogens is 516 g/mol. The van der Waals surface area contributed by atoms with Crippen molar-refractivity contribution in [2.45, 2.75) is 45.0 Å². The molecule has 0 amide bonds. The van der Waals surface area contributed by atoms with Gasteiger partial charge in [-0.25, -0.2) is 9.59 Å². The number of carbonyl (C=O) groups is 2. The van der Waals surface area contributed by atoms with E-state index in [4.69, 9.17) is 4.74 Å². The number of hydrogen-bond donors (Lipinski definition) is 0. The topological polar surface area (TPSA) is 133 Å². The molecule has 0 aromatic heterocycles. The second-order valence-corrected chi connectivity index (χ2v) is 6.94. The molecule has 0 saturated heterocycles. The van der Waals surface area contributed by atoms with E-state index in [9.17, 15) is 46.0 Å². The zero-order valence-electron chi connectivity index (χ0n) is 18.3. The van der Waals surface area contributed by atoms with Gasteiger partial charge in [-0.2, -0.15) is 13.2 Å². The minimum atomic E-state index is -5.14. The van der Waals surface area contributed by atoms with Gasteiger partial charge in [0.1, 0.15) is 24.2 Å². The largest absolute Gasteiger partial charge is 0.573 e. The average Bonchev–Trinajstić information content (AvgIpc) is 2.73. The third-order valence-electron chi connectivity index (χ3n) is 4.21. The molecule has 0 fully saturated rings. The number of halogens is 6. The number of hydrogen-bond acceptors (Lipinski definition) is 10. The predicted molar refractivity (Wildman–Crippen MR) is 102 cm³/mol. The van der Waals surface area contributed by atoms with Gasteiger partial charge in [0.15, 0.2) is 0 Å². The fraction of sp³-hybridized carbons (Fsp3) is 0.474. The molecule has 0 spiro atoms. The lowest BCUT2D eigenvalue weighted by molar-refractivity contribution is -0.767. The summed E-state index contributed by atoms with van der Waals surface area (Å²) in [6.07, 6.45) is -15.1. The molecule has 1 unspecified atom stereocenters. The smallest absolute Gasteiger partial charge is 0.475 e. The molecular formula is C19H17F6NO10. The molecule has 17 heteroatoms. The fourth-order valence-electron chi connectivity index (χ4n) is 2.84. The summed E-state index contributed by atoms with van der Waals surface area (Å²) in [5.74, 6) is -2.82. The second kappa shape index (κ2) is 11.2. The van der Waals surface area contributed by atoms with E-state index in [2.05, 4.69) is 23.8 Å². The Balaban J connectivity index is 2.18. The SMILES string of the molecule is CCc1cc(OC(F)(F)F)cc2c1O[C@H](C(F)(F)F)C(C(=O)OCOC(=O)OCC(C)O[N+](=O)[O-])=C2. The van der Waals surface area contributed by atoms with Crippen LogP contribution < -0.4 is 9.47 Å². The standard InChI is InChI=1S/C19H17F6NO10/c1-3-10-4-12(35-19(23,24)25)5-11-6-13(15(18(20,21)22)34-14(10)11)16(27)32-8-33-17(28)31-7-9(2)36-26(29)30/h4-6,9,15H,3,7-8H2,1-2H3/t9?,15-/m0/s1. The van der Waals surface area contributed by atoms with Crippen molar-refractivity contribution in [2.24, 2.45) is 0 Å². The van der Waals surface area contributed by atoms with Crippen molar-refractivity contribution in [1.82, 2.24) is 0 Å². The summed E-state index contributed by atoms with van der Waals surface area (Å²) in [5.41, 5.74) is -1.52. The Kier molecular flexibility index (Phi) is 8.82. The molecule has 1 aromatic carbocycles. The number of nitrogens with zero attached hydrogens (tertiary/aromatic N) is 1. The highest BCUT2D eigenvalue weighted by atomic mass is 19.4. The van der Waals surface area contributed by atoms with Crippen LogP contribution in [-0.2, 0) is 30.3 Å². The molecule has 1 aliphatic rings.